The van der Waals surface area contributed by atoms with Crippen LogP contribution >= 0.6 is 0 Å². The standard InChI is InChI=1S/C18H22N6O/c1-2-15-19-8-12-23(15)13-17(25)22-10-6-14(7-11-22)18-21-20-16-5-3-4-9-24(16)18/h3-5,8-9,12,14H,2,6-7,10-11,13H2,1H3. The molecule has 1 fully saturated rings. The maximum atomic E-state index is 12.6. The first-order valence-corrected chi connectivity index (χ1v) is 8.83. The summed E-state index contributed by atoms with van der Waals surface area (Å²) >= 11 is 0. The Morgan fingerprint density at radius 3 is 2.84 bits per heavy atom. The molecule has 3 aromatic rings. The number of imidazole rings is 1. The lowest BCUT2D eigenvalue weighted by atomic mass is 9.96. The molecule has 0 N–H and O–H groups in total. The third kappa shape index (κ3) is 3.01. The zero-order valence-corrected chi connectivity index (χ0v) is 14.4. The van der Waals surface area contributed by atoms with E-state index in [9.17, 15) is 4.79 Å². The molecule has 1 saturated heterocycles. The molecule has 0 atom stereocenters. The Morgan fingerprint density at radius 1 is 1.20 bits per heavy atom. The van der Waals surface area contributed by atoms with Crippen LogP contribution < -0.4 is 0 Å². The van der Waals surface area contributed by atoms with Crippen LogP contribution in [0.2, 0.25) is 0 Å². The van der Waals surface area contributed by atoms with E-state index in [1.807, 2.05) is 40.1 Å². The van der Waals surface area contributed by atoms with Gasteiger partial charge in [0, 0.05) is 44.0 Å². The number of fused-ring (bicyclic) bond motifs is 1. The van der Waals surface area contributed by atoms with Crippen LogP contribution in [0.25, 0.3) is 5.65 Å². The maximum absolute atomic E-state index is 12.6. The van der Waals surface area contributed by atoms with E-state index in [0.717, 1.165) is 49.6 Å². The molecular formula is C18H22N6O. The molecule has 7 nitrogen and oxygen atoms in total. The lowest BCUT2D eigenvalue weighted by Crippen LogP contribution is -2.40. The zero-order valence-electron chi connectivity index (χ0n) is 14.4. The summed E-state index contributed by atoms with van der Waals surface area (Å²) in [6, 6.07) is 5.93. The molecule has 0 spiro atoms. The number of pyridine rings is 1. The molecule has 4 heterocycles. The van der Waals surface area contributed by atoms with Crippen molar-refractivity contribution < 1.29 is 4.79 Å². The molecule has 1 aliphatic heterocycles. The molecule has 1 amide bonds. The fourth-order valence-electron chi connectivity index (χ4n) is 3.57. The number of likely N-dealkylation sites (tertiary alicyclic amines) is 1. The van der Waals surface area contributed by atoms with E-state index < -0.39 is 0 Å². The minimum atomic E-state index is 0.164. The van der Waals surface area contributed by atoms with E-state index >= 15 is 0 Å². The molecule has 0 bridgehead atoms. The molecule has 0 saturated carbocycles. The Balaban J connectivity index is 1.40. The van der Waals surface area contributed by atoms with E-state index in [1.165, 1.54) is 0 Å². The number of hydrogen-bond donors (Lipinski definition) is 0. The van der Waals surface area contributed by atoms with Gasteiger partial charge in [0.05, 0.1) is 0 Å². The van der Waals surface area contributed by atoms with E-state index in [-0.39, 0.29) is 5.91 Å². The van der Waals surface area contributed by atoms with Gasteiger partial charge in [0.15, 0.2) is 5.65 Å². The highest BCUT2D eigenvalue weighted by Gasteiger charge is 2.27. The number of nitrogens with zero attached hydrogens (tertiary/aromatic N) is 6. The van der Waals surface area contributed by atoms with Crippen LogP contribution in [0.4, 0.5) is 0 Å². The number of aryl methyl sites for hydroxylation is 1. The summed E-state index contributed by atoms with van der Waals surface area (Å²) in [6.07, 6.45) is 8.33. The van der Waals surface area contributed by atoms with Gasteiger partial charge >= 0.3 is 0 Å². The molecule has 0 radical (unpaired) electrons. The van der Waals surface area contributed by atoms with Crippen molar-refractivity contribution in [3.63, 3.8) is 0 Å². The zero-order chi connectivity index (χ0) is 17.2. The van der Waals surface area contributed by atoms with Crippen LogP contribution in [0.3, 0.4) is 0 Å². The Hall–Kier alpha value is -2.70. The lowest BCUT2D eigenvalue weighted by molar-refractivity contribution is -0.132. The molecule has 3 aromatic heterocycles. The highest BCUT2D eigenvalue weighted by Crippen LogP contribution is 2.27. The summed E-state index contributed by atoms with van der Waals surface area (Å²) in [4.78, 5) is 18.8. The average Bonchev–Trinajstić information content (AvgIpc) is 3.28. The monoisotopic (exact) mass is 338 g/mol. The van der Waals surface area contributed by atoms with Gasteiger partial charge in [-0.3, -0.25) is 9.20 Å². The van der Waals surface area contributed by atoms with Gasteiger partial charge < -0.3 is 9.47 Å². The molecule has 0 aromatic carbocycles. The van der Waals surface area contributed by atoms with E-state index in [2.05, 4.69) is 26.5 Å². The minimum absolute atomic E-state index is 0.164. The molecule has 0 unspecified atom stereocenters. The van der Waals surface area contributed by atoms with Crippen LogP contribution in [0.5, 0.6) is 0 Å². The highest BCUT2D eigenvalue weighted by molar-refractivity contribution is 5.76. The third-order valence-electron chi connectivity index (χ3n) is 4.98. The smallest absolute Gasteiger partial charge is 0.242 e. The third-order valence-corrected chi connectivity index (χ3v) is 4.98. The summed E-state index contributed by atoms with van der Waals surface area (Å²) in [5.41, 5.74) is 0.878. The number of piperidine rings is 1. The van der Waals surface area contributed by atoms with Crippen molar-refractivity contribution in [2.75, 3.05) is 13.1 Å². The van der Waals surface area contributed by atoms with Crippen molar-refractivity contribution in [2.24, 2.45) is 0 Å². The van der Waals surface area contributed by atoms with Gasteiger partial charge in [-0.25, -0.2) is 4.98 Å². The van der Waals surface area contributed by atoms with Crippen LogP contribution in [0, 0.1) is 0 Å². The van der Waals surface area contributed by atoms with Crippen LogP contribution in [0.15, 0.2) is 36.8 Å². The van der Waals surface area contributed by atoms with Crippen molar-refractivity contribution in [2.45, 2.75) is 38.6 Å². The second-order valence-corrected chi connectivity index (χ2v) is 6.47. The number of carbonyl (C=O) groups excluding carboxylic acids is 1. The second kappa shape index (κ2) is 6.66. The van der Waals surface area contributed by atoms with Crippen LogP contribution in [0.1, 0.15) is 37.3 Å². The number of rotatable bonds is 4. The second-order valence-electron chi connectivity index (χ2n) is 6.47. The summed E-state index contributed by atoms with van der Waals surface area (Å²) in [6.45, 7) is 3.96. The average molecular weight is 338 g/mol. The van der Waals surface area contributed by atoms with Crippen LogP contribution in [-0.2, 0) is 17.8 Å². The molecular weight excluding hydrogens is 316 g/mol. The Morgan fingerprint density at radius 2 is 2.04 bits per heavy atom. The van der Waals surface area contributed by atoms with Crippen molar-refractivity contribution in [3.05, 3.63) is 48.4 Å². The SMILES string of the molecule is CCc1nccn1CC(=O)N1CCC(c2nnc3ccccn23)CC1. The molecule has 130 valence electrons. The number of amides is 1. The molecule has 1 aliphatic rings. The topological polar surface area (TPSA) is 68.3 Å². The maximum Gasteiger partial charge on any atom is 0.242 e. The first-order valence-electron chi connectivity index (χ1n) is 8.83. The fraction of sp³-hybridized carbons (Fsp3) is 0.444. The lowest BCUT2D eigenvalue weighted by Gasteiger charge is -2.31. The summed E-state index contributed by atoms with van der Waals surface area (Å²) in [5, 5.41) is 8.61. The highest BCUT2D eigenvalue weighted by atomic mass is 16.2. The molecule has 7 heteroatoms. The Kier molecular flexibility index (Phi) is 4.21. The quantitative estimate of drug-likeness (QED) is 0.728. The first kappa shape index (κ1) is 15.8. The van der Waals surface area contributed by atoms with Gasteiger partial charge in [-0.1, -0.05) is 13.0 Å². The molecule has 0 aliphatic carbocycles. The number of carbonyl (C=O) groups is 1. The predicted molar refractivity (Wildman–Crippen MR) is 93.1 cm³/mol. The van der Waals surface area contributed by atoms with Gasteiger partial charge in [0.2, 0.25) is 5.91 Å². The van der Waals surface area contributed by atoms with E-state index in [4.69, 9.17) is 0 Å². The number of aromatic nitrogens is 5. The van der Waals surface area contributed by atoms with Gasteiger partial charge in [-0.05, 0) is 25.0 Å². The van der Waals surface area contributed by atoms with E-state index in [1.54, 1.807) is 6.20 Å². The Bertz CT molecular complexity index is 874. The van der Waals surface area contributed by atoms with Crippen molar-refractivity contribution in [1.29, 1.82) is 0 Å². The van der Waals surface area contributed by atoms with Crippen molar-refractivity contribution in [1.82, 2.24) is 29.0 Å². The largest absolute Gasteiger partial charge is 0.341 e. The van der Waals surface area contributed by atoms with Gasteiger partial charge in [-0.15, -0.1) is 10.2 Å². The van der Waals surface area contributed by atoms with Gasteiger partial charge in [0.25, 0.3) is 0 Å². The van der Waals surface area contributed by atoms with Crippen molar-refractivity contribution >= 4 is 11.6 Å². The van der Waals surface area contributed by atoms with Crippen LogP contribution in [-0.4, -0.2) is 48.0 Å². The van der Waals surface area contributed by atoms with Gasteiger partial charge in [-0.2, -0.15) is 0 Å². The van der Waals surface area contributed by atoms with E-state index in [0.29, 0.717) is 12.5 Å². The van der Waals surface area contributed by atoms with Crippen molar-refractivity contribution in [3.8, 4) is 0 Å². The molecule has 25 heavy (non-hydrogen) atoms. The summed E-state index contributed by atoms with van der Waals surface area (Å²) in [7, 11) is 0. The predicted octanol–water partition coefficient (Wildman–Crippen LogP) is 1.89. The first-order chi connectivity index (χ1) is 12.3. The Labute approximate surface area is 146 Å². The summed E-state index contributed by atoms with van der Waals surface area (Å²) in [5.74, 6) is 2.47. The molecule has 4 rings (SSSR count). The van der Waals surface area contributed by atoms with Gasteiger partial charge in [0.1, 0.15) is 18.2 Å². The fourth-order valence-corrected chi connectivity index (χ4v) is 3.57. The number of hydrogen-bond acceptors (Lipinski definition) is 4. The minimum Gasteiger partial charge on any atom is -0.341 e. The normalized spacial score (nSPS) is 15.8. The summed E-state index contributed by atoms with van der Waals surface area (Å²) < 4.78 is 4.00.